The van der Waals surface area contributed by atoms with Gasteiger partial charge in [0.15, 0.2) is 0 Å². The van der Waals surface area contributed by atoms with E-state index in [0.29, 0.717) is 27.9 Å². The van der Waals surface area contributed by atoms with Crippen LogP contribution in [0.3, 0.4) is 0 Å². The number of pyridine rings is 1. The zero-order valence-corrected chi connectivity index (χ0v) is 15.1. The predicted octanol–water partition coefficient (Wildman–Crippen LogP) is 4.04. The van der Waals surface area contributed by atoms with Gasteiger partial charge < -0.3 is 4.57 Å². The highest BCUT2D eigenvalue weighted by molar-refractivity contribution is 5.74. The summed E-state index contributed by atoms with van der Waals surface area (Å²) in [6, 6.07) is 15.0. The van der Waals surface area contributed by atoms with Gasteiger partial charge in [0, 0.05) is 17.3 Å². The lowest BCUT2D eigenvalue weighted by Crippen LogP contribution is -2.22. The molecule has 142 valence electrons. The second kappa shape index (κ2) is 6.63. The molecule has 3 aromatic heterocycles. The Balaban J connectivity index is 1.62. The van der Waals surface area contributed by atoms with E-state index in [0.717, 1.165) is 6.20 Å². The maximum absolute atomic E-state index is 14.9. The lowest BCUT2D eigenvalue weighted by molar-refractivity contribution is 0.545. The van der Waals surface area contributed by atoms with Crippen molar-refractivity contribution in [3.8, 4) is 11.3 Å². The summed E-state index contributed by atoms with van der Waals surface area (Å²) in [5.74, 6) is -1.45. The third kappa shape index (κ3) is 2.87. The van der Waals surface area contributed by atoms with Gasteiger partial charge in [-0.3, -0.25) is 9.20 Å². The van der Waals surface area contributed by atoms with Gasteiger partial charge in [-0.25, -0.2) is 18.7 Å². The van der Waals surface area contributed by atoms with Gasteiger partial charge in [-0.2, -0.15) is 0 Å². The van der Waals surface area contributed by atoms with E-state index >= 15 is 0 Å². The Morgan fingerprint density at radius 3 is 2.48 bits per heavy atom. The number of hydrogen-bond acceptors (Lipinski definition) is 3. The first-order chi connectivity index (χ1) is 14.1. The molecule has 0 saturated carbocycles. The minimum absolute atomic E-state index is 0.180. The topological polar surface area (TPSA) is 52.2 Å². The molecular weight excluding hydrogens is 374 g/mol. The van der Waals surface area contributed by atoms with Crippen molar-refractivity contribution in [1.29, 1.82) is 0 Å². The van der Waals surface area contributed by atoms with E-state index in [2.05, 4.69) is 9.97 Å². The fourth-order valence-corrected chi connectivity index (χ4v) is 3.48. The number of aromatic nitrogens is 4. The number of nitrogens with zero attached hydrogens (tertiary/aromatic N) is 4. The molecule has 5 nitrogen and oxygen atoms in total. The summed E-state index contributed by atoms with van der Waals surface area (Å²) in [6.07, 6.45) is 4.51. The largest absolute Gasteiger partial charge is 0.301 e. The van der Waals surface area contributed by atoms with Crippen molar-refractivity contribution in [3.63, 3.8) is 0 Å². The van der Waals surface area contributed by atoms with Crippen LogP contribution in [0.5, 0.6) is 0 Å². The molecule has 0 spiro atoms. The molecule has 5 aromatic rings. The fraction of sp³-hybridized carbons (Fsp3) is 0.0455. The number of hydrogen-bond donors (Lipinski definition) is 0. The molecule has 29 heavy (non-hydrogen) atoms. The van der Waals surface area contributed by atoms with Gasteiger partial charge in [0.1, 0.15) is 17.3 Å². The maximum Gasteiger partial charge on any atom is 0.269 e. The molecule has 7 heteroatoms. The Labute approximate surface area is 163 Å². The maximum atomic E-state index is 14.9. The molecular formula is C22H14F2N4O. The van der Waals surface area contributed by atoms with Gasteiger partial charge in [-0.15, -0.1) is 0 Å². The molecule has 0 N–H and O–H groups in total. The summed E-state index contributed by atoms with van der Waals surface area (Å²) in [6.45, 7) is -0.229. The van der Waals surface area contributed by atoms with Crippen molar-refractivity contribution in [1.82, 2.24) is 18.9 Å². The van der Waals surface area contributed by atoms with E-state index in [1.165, 1.54) is 16.7 Å². The molecule has 2 aromatic carbocycles. The summed E-state index contributed by atoms with van der Waals surface area (Å²) >= 11 is 0. The van der Waals surface area contributed by atoms with E-state index in [1.807, 2.05) is 18.2 Å². The molecule has 0 fully saturated rings. The number of para-hydroxylation sites is 2. The standard InChI is InChI=1S/C22H14F2N4O/c23-16-9-14(20-11-26-21-7-3-4-8-27(20)21)10-17(24)15(16)13-28-19-6-2-1-5-18(19)25-12-22(28)29/h1-12H,13H2. The molecule has 5 rings (SSSR count). The zero-order chi connectivity index (χ0) is 20.0. The molecule has 0 saturated heterocycles. The first kappa shape index (κ1) is 17.2. The molecule has 0 unspecified atom stereocenters. The average molecular weight is 388 g/mol. The first-order valence-corrected chi connectivity index (χ1v) is 8.97. The first-order valence-electron chi connectivity index (χ1n) is 8.97. The van der Waals surface area contributed by atoms with Crippen LogP contribution >= 0.6 is 0 Å². The summed E-state index contributed by atoms with van der Waals surface area (Å²) < 4.78 is 32.9. The third-order valence-electron chi connectivity index (χ3n) is 4.92. The van der Waals surface area contributed by atoms with Crippen molar-refractivity contribution in [2.75, 3.05) is 0 Å². The Kier molecular flexibility index (Phi) is 3.94. The predicted molar refractivity (Wildman–Crippen MR) is 106 cm³/mol. The quantitative estimate of drug-likeness (QED) is 0.469. The molecule has 0 atom stereocenters. The molecule has 0 radical (unpaired) electrons. The highest BCUT2D eigenvalue weighted by atomic mass is 19.1. The lowest BCUT2D eigenvalue weighted by atomic mass is 10.1. The Hall–Kier alpha value is -3.87. The normalized spacial score (nSPS) is 11.4. The van der Waals surface area contributed by atoms with E-state index in [9.17, 15) is 13.6 Å². The van der Waals surface area contributed by atoms with Crippen LogP contribution in [-0.2, 0) is 6.54 Å². The Morgan fingerprint density at radius 1 is 0.897 bits per heavy atom. The summed E-state index contributed by atoms with van der Waals surface area (Å²) in [5, 5.41) is 0. The van der Waals surface area contributed by atoms with Crippen LogP contribution in [0.4, 0.5) is 8.78 Å². The van der Waals surface area contributed by atoms with Crippen molar-refractivity contribution in [3.05, 3.63) is 101 Å². The highest BCUT2D eigenvalue weighted by Gasteiger charge is 2.16. The molecule has 0 amide bonds. The molecule has 0 aliphatic carbocycles. The Morgan fingerprint density at radius 2 is 1.66 bits per heavy atom. The second-order valence-electron chi connectivity index (χ2n) is 6.66. The van der Waals surface area contributed by atoms with Crippen LogP contribution in [0.25, 0.3) is 27.9 Å². The van der Waals surface area contributed by atoms with Gasteiger partial charge in [-0.05, 0) is 36.4 Å². The van der Waals surface area contributed by atoms with E-state index in [1.54, 1.807) is 41.1 Å². The van der Waals surface area contributed by atoms with E-state index < -0.39 is 17.2 Å². The van der Waals surface area contributed by atoms with E-state index in [-0.39, 0.29) is 12.1 Å². The average Bonchev–Trinajstić information content (AvgIpc) is 3.16. The van der Waals surface area contributed by atoms with Crippen molar-refractivity contribution in [2.45, 2.75) is 6.54 Å². The summed E-state index contributed by atoms with van der Waals surface area (Å²) in [4.78, 5) is 20.6. The van der Waals surface area contributed by atoms with Crippen LogP contribution in [0.1, 0.15) is 5.56 Å². The minimum Gasteiger partial charge on any atom is -0.301 e. The molecule has 3 heterocycles. The van der Waals surface area contributed by atoms with Crippen molar-refractivity contribution >= 4 is 16.7 Å². The van der Waals surface area contributed by atoms with Crippen LogP contribution in [0.15, 0.2) is 78.0 Å². The van der Waals surface area contributed by atoms with Gasteiger partial charge in [0.25, 0.3) is 5.56 Å². The van der Waals surface area contributed by atoms with E-state index in [4.69, 9.17) is 0 Å². The summed E-state index contributed by atoms with van der Waals surface area (Å²) in [7, 11) is 0. The number of imidazole rings is 1. The number of rotatable bonds is 3. The lowest BCUT2D eigenvalue weighted by Gasteiger charge is -2.12. The van der Waals surface area contributed by atoms with Crippen LogP contribution in [0.2, 0.25) is 0 Å². The molecule has 0 bridgehead atoms. The smallest absolute Gasteiger partial charge is 0.269 e. The van der Waals surface area contributed by atoms with Gasteiger partial charge in [0.05, 0.1) is 35.7 Å². The Bertz CT molecular complexity index is 1420. The number of halogens is 2. The fourth-order valence-electron chi connectivity index (χ4n) is 3.48. The highest BCUT2D eigenvalue weighted by Crippen LogP contribution is 2.26. The minimum atomic E-state index is -0.723. The SMILES string of the molecule is O=c1cnc2ccccc2n1Cc1c(F)cc(-c2cnc3ccccn23)cc1F. The van der Waals surface area contributed by atoms with Gasteiger partial charge in [0.2, 0.25) is 0 Å². The number of fused-ring (bicyclic) bond motifs is 2. The van der Waals surface area contributed by atoms with Crippen molar-refractivity contribution in [2.24, 2.45) is 0 Å². The summed E-state index contributed by atoms with van der Waals surface area (Å²) in [5.41, 5.74) is 2.13. The molecule has 0 aliphatic rings. The molecule has 0 aliphatic heterocycles. The third-order valence-corrected chi connectivity index (χ3v) is 4.92. The second-order valence-corrected chi connectivity index (χ2v) is 6.66. The van der Waals surface area contributed by atoms with Crippen molar-refractivity contribution < 1.29 is 8.78 Å². The van der Waals surface area contributed by atoms with Crippen LogP contribution in [0, 0.1) is 11.6 Å². The monoisotopic (exact) mass is 388 g/mol. The zero-order valence-electron chi connectivity index (χ0n) is 15.1. The van der Waals surface area contributed by atoms with Gasteiger partial charge >= 0.3 is 0 Å². The van der Waals surface area contributed by atoms with Gasteiger partial charge in [-0.1, -0.05) is 18.2 Å². The van der Waals surface area contributed by atoms with Crippen LogP contribution in [-0.4, -0.2) is 18.9 Å². The van der Waals surface area contributed by atoms with Crippen LogP contribution < -0.4 is 5.56 Å². The number of benzene rings is 2.